The number of carbonyl (C=O) groups is 2. The van der Waals surface area contributed by atoms with Gasteiger partial charge in [0.15, 0.2) is 0 Å². The Labute approximate surface area is 187 Å². The van der Waals surface area contributed by atoms with Crippen LogP contribution in [0.25, 0.3) is 11.1 Å². The van der Waals surface area contributed by atoms with Crippen molar-refractivity contribution < 1.29 is 32.2 Å². The summed E-state index contributed by atoms with van der Waals surface area (Å²) in [6.07, 6.45) is -4.77. The van der Waals surface area contributed by atoms with E-state index in [1.54, 1.807) is 37.4 Å². The average molecular weight is 456 g/mol. The topological polar surface area (TPSA) is 67.9 Å². The van der Waals surface area contributed by atoms with Crippen LogP contribution in [0.3, 0.4) is 0 Å². The highest BCUT2D eigenvalue weighted by atomic mass is 19.4. The normalized spacial score (nSPS) is 13.8. The molecule has 0 unspecified atom stereocenters. The van der Waals surface area contributed by atoms with Gasteiger partial charge in [0.1, 0.15) is 11.5 Å². The highest BCUT2D eigenvalue weighted by Crippen LogP contribution is 2.32. The second kappa shape index (κ2) is 8.85. The summed E-state index contributed by atoms with van der Waals surface area (Å²) in [6.45, 7) is 0.107. The van der Waals surface area contributed by atoms with Crippen LogP contribution in [0.1, 0.15) is 15.9 Å². The molecule has 1 aliphatic heterocycles. The Kier molecular flexibility index (Phi) is 5.95. The minimum Gasteiger partial charge on any atom is -0.497 e. The third kappa shape index (κ3) is 5.08. The zero-order valence-corrected chi connectivity index (χ0v) is 17.5. The van der Waals surface area contributed by atoms with Gasteiger partial charge in [-0.25, -0.2) is 0 Å². The van der Waals surface area contributed by atoms with Crippen molar-refractivity contribution in [3.8, 4) is 22.6 Å². The van der Waals surface area contributed by atoms with E-state index in [1.165, 1.54) is 29.2 Å². The standard InChI is InChI=1S/C24H19F3N2O4/c1-32-18-7-2-15(3-8-18)14-29-21-11-6-17(12-20(21)23(31)28-13-22(29)30)16-4-9-19(10-5-16)33-24(25,26)27/h2-12H,13-14H2,1H3,(H,28,31). The van der Waals surface area contributed by atoms with Crippen LogP contribution in [0.15, 0.2) is 66.7 Å². The monoisotopic (exact) mass is 456 g/mol. The third-order valence-corrected chi connectivity index (χ3v) is 5.15. The molecule has 1 heterocycles. The Morgan fingerprint density at radius 2 is 1.55 bits per heavy atom. The van der Waals surface area contributed by atoms with Gasteiger partial charge in [-0.15, -0.1) is 13.2 Å². The first kappa shape index (κ1) is 22.2. The van der Waals surface area contributed by atoms with E-state index in [0.717, 1.165) is 5.56 Å². The Morgan fingerprint density at radius 1 is 0.909 bits per heavy atom. The van der Waals surface area contributed by atoms with E-state index in [4.69, 9.17) is 4.74 Å². The maximum absolute atomic E-state index is 12.7. The first-order valence-corrected chi connectivity index (χ1v) is 9.95. The fraction of sp³-hybridized carbons (Fsp3) is 0.167. The maximum Gasteiger partial charge on any atom is 0.573 e. The number of hydrogen-bond acceptors (Lipinski definition) is 4. The molecular formula is C24H19F3N2O4. The lowest BCUT2D eigenvalue weighted by Crippen LogP contribution is -2.36. The minimum atomic E-state index is -4.77. The van der Waals surface area contributed by atoms with Crippen LogP contribution in [0.5, 0.6) is 11.5 Å². The van der Waals surface area contributed by atoms with Gasteiger partial charge >= 0.3 is 6.36 Å². The van der Waals surface area contributed by atoms with Crippen molar-refractivity contribution in [3.63, 3.8) is 0 Å². The molecule has 3 aromatic rings. The molecular weight excluding hydrogens is 437 g/mol. The van der Waals surface area contributed by atoms with E-state index in [1.807, 2.05) is 12.1 Å². The minimum absolute atomic E-state index is 0.150. The SMILES string of the molecule is COc1ccc(CN2C(=O)CNC(=O)c3cc(-c4ccc(OC(F)(F)F)cc4)ccc32)cc1. The fourth-order valence-corrected chi connectivity index (χ4v) is 3.55. The molecule has 0 fully saturated rings. The summed E-state index contributed by atoms with van der Waals surface area (Å²) in [6, 6.07) is 17.6. The van der Waals surface area contributed by atoms with Crippen molar-refractivity contribution in [1.82, 2.24) is 5.32 Å². The molecule has 33 heavy (non-hydrogen) atoms. The van der Waals surface area contributed by atoms with Crippen molar-refractivity contribution in [2.45, 2.75) is 12.9 Å². The molecule has 0 radical (unpaired) electrons. The molecule has 0 saturated heterocycles. The fourth-order valence-electron chi connectivity index (χ4n) is 3.55. The number of carbonyl (C=O) groups excluding carboxylic acids is 2. The van der Waals surface area contributed by atoms with E-state index in [2.05, 4.69) is 10.1 Å². The van der Waals surface area contributed by atoms with Crippen LogP contribution in [-0.4, -0.2) is 31.8 Å². The first-order valence-electron chi connectivity index (χ1n) is 9.95. The molecule has 1 aliphatic rings. The number of alkyl halides is 3. The van der Waals surface area contributed by atoms with Crippen LogP contribution in [0, 0.1) is 0 Å². The second-order valence-electron chi connectivity index (χ2n) is 7.31. The number of rotatable bonds is 5. The molecule has 170 valence electrons. The molecule has 0 aliphatic carbocycles. The van der Waals surface area contributed by atoms with Crippen LogP contribution in [0.4, 0.5) is 18.9 Å². The highest BCUT2D eigenvalue weighted by Gasteiger charge is 2.31. The molecule has 3 aromatic carbocycles. The summed E-state index contributed by atoms with van der Waals surface area (Å²) in [7, 11) is 1.56. The Hall–Kier alpha value is -4.01. The van der Waals surface area contributed by atoms with Crippen LogP contribution >= 0.6 is 0 Å². The molecule has 4 rings (SSSR count). The summed E-state index contributed by atoms with van der Waals surface area (Å²) < 4.78 is 46.2. The second-order valence-corrected chi connectivity index (χ2v) is 7.31. The van der Waals surface area contributed by atoms with Gasteiger partial charge in [-0.1, -0.05) is 30.3 Å². The molecule has 0 bridgehead atoms. The number of fused-ring (bicyclic) bond motifs is 1. The van der Waals surface area contributed by atoms with E-state index in [0.29, 0.717) is 28.1 Å². The van der Waals surface area contributed by atoms with Gasteiger partial charge in [-0.05, 0) is 53.1 Å². The van der Waals surface area contributed by atoms with E-state index >= 15 is 0 Å². The van der Waals surface area contributed by atoms with Crippen molar-refractivity contribution in [1.29, 1.82) is 0 Å². The molecule has 0 saturated carbocycles. The van der Waals surface area contributed by atoms with Crippen molar-refractivity contribution in [2.24, 2.45) is 0 Å². The number of methoxy groups -OCH3 is 1. The van der Waals surface area contributed by atoms with E-state index < -0.39 is 12.3 Å². The van der Waals surface area contributed by atoms with Gasteiger partial charge in [0.05, 0.1) is 31.5 Å². The lowest BCUT2D eigenvalue weighted by atomic mass is 10.0. The molecule has 9 heteroatoms. The summed E-state index contributed by atoms with van der Waals surface area (Å²) in [4.78, 5) is 26.9. The quantitative estimate of drug-likeness (QED) is 0.612. The number of hydrogen-bond donors (Lipinski definition) is 1. The van der Waals surface area contributed by atoms with Gasteiger partial charge in [-0.2, -0.15) is 0 Å². The number of ether oxygens (including phenoxy) is 2. The summed E-state index contributed by atoms with van der Waals surface area (Å²) in [5.74, 6) is -0.321. The van der Waals surface area contributed by atoms with Gasteiger partial charge in [0, 0.05) is 0 Å². The molecule has 6 nitrogen and oxygen atoms in total. The Balaban J connectivity index is 1.65. The van der Waals surface area contributed by atoms with Crippen LogP contribution < -0.4 is 19.7 Å². The van der Waals surface area contributed by atoms with E-state index in [-0.39, 0.29) is 24.7 Å². The number of benzene rings is 3. The van der Waals surface area contributed by atoms with Crippen molar-refractivity contribution in [2.75, 3.05) is 18.6 Å². The number of nitrogens with one attached hydrogen (secondary N) is 1. The van der Waals surface area contributed by atoms with Crippen molar-refractivity contribution >= 4 is 17.5 Å². The lowest BCUT2D eigenvalue weighted by Gasteiger charge is -2.23. The van der Waals surface area contributed by atoms with Crippen LogP contribution in [-0.2, 0) is 11.3 Å². The molecule has 0 atom stereocenters. The molecule has 0 aromatic heterocycles. The number of amides is 2. The predicted octanol–water partition coefficient (Wildman–Crippen LogP) is 4.54. The third-order valence-electron chi connectivity index (χ3n) is 5.15. The maximum atomic E-state index is 12.7. The summed E-state index contributed by atoms with van der Waals surface area (Å²) >= 11 is 0. The highest BCUT2D eigenvalue weighted by molar-refractivity contribution is 6.10. The number of nitrogens with zero attached hydrogens (tertiary/aromatic N) is 1. The predicted molar refractivity (Wildman–Crippen MR) is 115 cm³/mol. The Morgan fingerprint density at radius 3 is 2.18 bits per heavy atom. The first-order chi connectivity index (χ1) is 15.7. The van der Waals surface area contributed by atoms with Gasteiger partial charge in [0.2, 0.25) is 5.91 Å². The van der Waals surface area contributed by atoms with Gasteiger partial charge in [-0.3, -0.25) is 9.59 Å². The largest absolute Gasteiger partial charge is 0.573 e. The van der Waals surface area contributed by atoms with Crippen molar-refractivity contribution in [3.05, 3.63) is 77.9 Å². The van der Waals surface area contributed by atoms with Gasteiger partial charge in [0.25, 0.3) is 5.91 Å². The number of anilines is 1. The zero-order valence-electron chi connectivity index (χ0n) is 17.5. The molecule has 1 N–H and O–H groups in total. The Bertz CT molecular complexity index is 1180. The van der Waals surface area contributed by atoms with E-state index in [9.17, 15) is 22.8 Å². The summed E-state index contributed by atoms with van der Waals surface area (Å²) in [5.41, 5.74) is 2.81. The average Bonchev–Trinajstić information content (AvgIpc) is 2.91. The molecule has 0 spiro atoms. The van der Waals surface area contributed by atoms with Crippen LogP contribution in [0.2, 0.25) is 0 Å². The zero-order chi connectivity index (χ0) is 23.6. The van der Waals surface area contributed by atoms with Gasteiger partial charge < -0.3 is 19.7 Å². The number of halogens is 3. The summed E-state index contributed by atoms with van der Waals surface area (Å²) in [5, 5.41) is 2.60. The lowest BCUT2D eigenvalue weighted by molar-refractivity contribution is -0.274. The smallest absolute Gasteiger partial charge is 0.497 e. The molecule has 2 amide bonds.